The first kappa shape index (κ1) is 15.8. The SMILES string of the molecule is Cc1cccc(-c2nnc(C(C)Oc3ccc(Cl)cc3Cl)o2)c1. The van der Waals surface area contributed by atoms with Crippen LogP contribution in [0.4, 0.5) is 0 Å². The maximum absolute atomic E-state index is 6.10. The minimum atomic E-state index is -0.431. The Hall–Kier alpha value is -2.04. The van der Waals surface area contributed by atoms with Crippen LogP contribution in [-0.4, -0.2) is 10.2 Å². The van der Waals surface area contributed by atoms with Crippen molar-refractivity contribution in [2.24, 2.45) is 0 Å². The van der Waals surface area contributed by atoms with Crippen molar-refractivity contribution in [3.8, 4) is 17.2 Å². The van der Waals surface area contributed by atoms with Crippen LogP contribution in [0, 0.1) is 6.92 Å². The van der Waals surface area contributed by atoms with E-state index >= 15 is 0 Å². The lowest BCUT2D eigenvalue weighted by Crippen LogP contribution is -2.03. The molecule has 1 atom stereocenters. The molecule has 3 aromatic rings. The van der Waals surface area contributed by atoms with Crippen molar-refractivity contribution in [3.63, 3.8) is 0 Å². The molecule has 3 rings (SSSR count). The lowest BCUT2D eigenvalue weighted by atomic mass is 10.1. The Bertz CT molecular complexity index is 833. The summed E-state index contributed by atoms with van der Waals surface area (Å²) in [5.74, 6) is 1.35. The summed E-state index contributed by atoms with van der Waals surface area (Å²) in [6.45, 7) is 3.83. The number of hydrogen-bond donors (Lipinski definition) is 0. The normalized spacial score (nSPS) is 12.2. The predicted octanol–water partition coefficient (Wildman–Crippen LogP) is 5.49. The Morgan fingerprint density at radius 1 is 1.09 bits per heavy atom. The molecule has 1 aromatic heterocycles. The molecule has 1 heterocycles. The van der Waals surface area contributed by atoms with Crippen molar-refractivity contribution in [2.75, 3.05) is 0 Å². The smallest absolute Gasteiger partial charge is 0.257 e. The molecule has 23 heavy (non-hydrogen) atoms. The Labute approximate surface area is 144 Å². The van der Waals surface area contributed by atoms with Crippen LogP contribution < -0.4 is 4.74 Å². The van der Waals surface area contributed by atoms with Gasteiger partial charge in [-0.15, -0.1) is 10.2 Å². The van der Waals surface area contributed by atoms with Gasteiger partial charge in [0.1, 0.15) is 5.75 Å². The maximum Gasteiger partial charge on any atom is 0.257 e. The van der Waals surface area contributed by atoms with Crippen LogP contribution in [0.5, 0.6) is 5.75 Å². The summed E-state index contributed by atoms with van der Waals surface area (Å²) < 4.78 is 11.5. The van der Waals surface area contributed by atoms with Gasteiger partial charge >= 0.3 is 0 Å². The minimum absolute atomic E-state index is 0.382. The van der Waals surface area contributed by atoms with E-state index in [1.54, 1.807) is 18.2 Å². The van der Waals surface area contributed by atoms with Crippen LogP contribution in [0.2, 0.25) is 10.0 Å². The molecule has 0 aliphatic carbocycles. The number of rotatable bonds is 4. The first-order valence-electron chi connectivity index (χ1n) is 7.05. The van der Waals surface area contributed by atoms with Crippen LogP contribution in [-0.2, 0) is 0 Å². The molecule has 0 spiro atoms. The van der Waals surface area contributed by atoms with Crippen molar-refractivity contribution in [3.05, 3.63) is 64.0 Å². The number of hydrogen-bond acceptors (Lipinski definition) is 4. The van der Waals surface area contributed by atoms with Gasteiger partial charge in [-0.25, -0.2) is 0 Å². The molecule has 0 aliphatic rings. The molecule has 0 N–H and O–H groups in total. The molecule has 4 nitrogen and oxygen atoms in total. The topological polar surface area (TPSA) is 48.2 Å². The highest BCUT2D eigenvalue weighted by molar-refractivity contribution is 6.35. The van der Waals surface area contributed by atoms with E-state index in [4.69, 9.17) is 32.4 Å². The fourth-order valence-corrected chi connectivity index (χ4v) is 2.56. The number of aryl methyl sites for hydroxylation is 1. The Balaban J connectivity index is 1.79. The number of halogens is 2. The highest BCUT2D eigenvalue weighted by Gasteiger charge is 2.18. The Kier molecular flexibility index (Phi) is 4.55. The highest BCUT2D eigenvalue weighted by atomic mass is 35.5. The largest absolute Gasteiger partial charge is 0.479 e. The second-order valence-electron chi connectivity index (χ2n) is 5.15. The molecule has 0 saturated heterocycles. The molecule has 118 valence electrons. The molecule has 2 aromatic carbocycles. The van der Waals surface area contributed by atoms with Crippen molar-refractivity contribution in [2.45, 2.75) is 20.0 Å². The van der Waals surface area contributed by atoms with Crippen molar-refractivity contribution < 1.29 is 9.15 Å². The molecule has 0 aliphatic heterocycles. The van der Waals surface area contributed by atoms with Gasteiger partial charge in [0.15, 0.2) is 6.10 Å². The molecule has 0 bridgehead atoms. The third kappa shape index (κ3) is 3.66. The first-order chi connectivity index (χ1) is 11.0. The summed E-state index contributed by atoms with van der Waals surface area (Å²) in [6, 6.07) is 12.9. The third-order valence-corrected chi connectivity index (χ3v) is 3.78. The number of benzene rings is 2. The Morgan fingerprint density at radius 3 is 2.65 bits per heavy atom. The van der Waals surface area contributed by atoms with Gasteiger partial charge in [-0.05, 0) is 44.2 Å². The number of nitrogens with zero attached hydrogens (tertiary/aromatic N) is 2. The fraction of sp³-hybridized carbons (Fsp3) is 0.176. The summed E-state index contributed by atoms with van der Waals surface area (Å²) >= 11 is 12.0. The third-order valence-electron chi connectivity index (χ3n) is 3.25. The van der Waals surface area contributed by atoms with Gasteiger partial charge in [0.25, 0.3) is 5.89 Å². The van der Waals surface area contributed by atoms with E-state index in [0.717, 1.165) is 11.1 Å². The van der Waals surface area contributed by atoms with Gasteiger partial charge in [0.05, 0.1) is 5.02 Å². The molecule has 0 saturated carbocycles. The van der Waals surface area contributed by atoms with Crippen molar-refractivity contribution in [1.29, 1.82) is 0 Å². The second kappa shape index (κ2) is 6.60. The van der Waals surface area contributed by atoms with E-state index in [0.29, 0.717) is 27.6 Å². The van der Waals surface area contributed by atoms with Gasteiger partial charge in [0.2, 0.25) is 5.89 Å². The van der Waals surface area contributed by atoms with E-state index in [-0.39, 0.29) is 0 Å². The van der Waals surface area contributed by atoms with Crippen LogP contribution >= 0.6 is 23.2 Å². The van der Waals surface area contributed by atoms with Crippen molar-refractivity contribution >= 4 is 23.2 Å². The molecule has 6 heteroatoms. The lowest BCUT2D eigenvalue weighted by Gasteiger charge is -2.12. The average Bonchev–Trinajstić information content (AvgIpc) is 3.00. The maximum atomic E-state index is 6.10. The predicted molar refractivity (Wildman–Crippen MR) is 90.0 cm³/mol. The van der Waals surface area contributed by atoms with Gasteiger partial charge in [-0.2, -0.15) is 0 Å². The fourth-order valence-electron chi connectivity index (χ4n) is 2.11. The zero-order valence-corrected chi connectivity index (χ0v) is 14.1. The van der Waals surface area contributed by atoms with E-state index in [1.807, 2.05) is 38.1 Å². The first-order valence-corrected chi connectivity index (χ1v) is 7.80. The monoisotopic (exact) mass is 348 g/mol. The standard InChI is InChI=1S/C17H14Cl2N2O2/c1-10-4-3-5-12(8-10)17-21-20-16(23-17)11(2)22-15-7-6-13(18)9-14(15)19/h3-9,11H,1-2H3. The average molecular weight is 349 g/mol. The van der Waals surface area contributed by atoms with E-state index < -0.39 is 6.10 Å². The van der Waals surface area contributed by atoms with Crippen molar-refractivity contribution in [1.82, 2.24) is 10.2 Å². The highest BCUT2D eigenvalue weighted by Crippen LogP contribution is 2.31. The van der Waals surface area contributed by atoms with Crippen LogP contribution in [0.25, 0.3) is 11.5 Å². The summed E-state index contributed by atoms with van der Waals surface area (Å²) in [6.07, 6.45) is -0.431. The van der Waals surface area contributed by atoms with Gasteiger partial charge in [0, 0.05) is 10.6 Å². The summed E-state index contributed by atoms with van der Waals surface area (Å²) in [7, 11) is 0. The lowest BCUT2D eigenvalue weighted by molar-refractivity contribution is 0.190. The quantitative estimate of drug-likeness (QED) is 0.625. The van der Waals surface area contributed by atoms with Crippen LogP contribution in [0.1, 0.15) is 24.5 Å². The van der Waals surface area contributed by atoms with E-state index in [9.17, 15) is 0 Å². The Morgan fingerprint density at radius 2 is 1.91 bits per heavy atom. The summed E-state index contributed by atoms with van der Waals surface area (Å²) in [5.41, 5.74) is 2.00. The number of ether oxygens (including phenoxy) is 1. The van der Waals surface area contributed by atoms with E-state index in [1.165, 1.54) is 0 Å². The molecule has 0 radical (unpaired) electrons. The van der Waals surface area contributed by atoms with Crippen LogP contribution in [0.15, 0.2) is 46.9 Å². The second-order valence-corrected chi connectivity index (χ2v) is 5.99. The van der Waals surface area contributed by atoms with E-state index in [2.05, 4.69) is 10.2 Å². The summed E-state index contributed by atoms with van der Waals surface area (Å²) in [4.78, 5) is 0. The van der Waals surface area contributed by atoms with Gasteiger partial charge < -0.3 is 9.15 Å². The molecule has 1 unspecified atom stereocenters. The number of aromatic nitrogens is 2. The summed E-state index contributed by atoms with van der Waals surface area (Å²) in [5, 5.41) is 9.11. The zero-order valence-electron chi connectivity index (χ0n) is 12.6. The molecular weight excluding hydrogens is 335 g/mol. The minimum Gasteiger partial charge on any atom is -0.479 e. The zero-order chi connectivity index (χ0) is 16.4. The van der Waals surface area contributed by atoms with Crippen LogP contribution in [0.3, 0.4) is 0 Å². The van der Waals surface area contributed by atoms with Gasteiger partial charge in [-0.1, -0.05) is 40.9 Å². The van der Waals surface area contributed by atoms with Gasteiger partial charge in [-0.3, -0.25) is 0 Å². The molecule has 0 fully saturated rings. The molecular formula is C17H14Cl2N2O2. The molecule has 0 amide bonds.